The fourth-order valence-electron chi connectivity index (χ4n) is 6.51. The highest BCUT2D eigenvalue weighted by atomic mass is 32.1. The lowest BCUT2D eigenvalue weighted by Crippen LogP contribution is -2.28. The van der Waals surface area contributed by atoms with E-state index in [9.17, 15) is 63.9 Å². The molecule has 0 spiro atoms. The number of nitrogens with zero attached hydrogens (tertiary/aromatic N) is 6. The molecule has 0 atom stereocenters. The van der Waals surface area contributed by atoms with Gasteiger partial charge >= 0.3 is 13.0 Å². The zero-order valence-corrected chi connectivity index (χ0v) is 39.5. The van der Waals surface area contributed by atoms with Gasteiger partial charge in [-0.3, -0.25) is 28.8 Å². The van der Waals surface area contributed by atoms with E-state index in [1.807, 2.05) is 0 Å². The maximum atomic E-state index is 14.2. The molecular weight excluding hydrogens is 1040 g/mol. The van der Waals surface area contributed by atoms with Gasteiger partial charge in [0, 0.05) is 35.0 Å². The highest BCUT2D eigenvalue weighted by Gasteiger charge is 2.32. The largest absolute Gasteiger partial charge is 0.573 e. The number of amides is 4. The van der Waals surface area contributed by atoms with E-state index in [1.165, 1.54) is 54.7 Å². The Bertz CT molecular complexity index is 3450. The number of ketones is 2. The van der Waals surface area contributed by atoms with Crippen molar-refractivity contribution >= 4 is 69.2 Å². The molecule has 6 aromatic heterocycles. The number of rotatable bonds is 17. The molecule has 2 aromatic carbocycles. The van der Waals surface area contributed by atoms with Crippen LogP contribution in [0.1, 0.15) is 96.0 Å². The van der Waals surface area contributed by atoms with Crippen LogP contribution < -0.4 is 30.7 Å². The SMILES string of the molecule is CC(=O)c1ccc(CNC(=O)c2cc(C(=O)NCc3ccc(F)c(OC(F)(F)F)c3)nc3c(F)cnn23)s1.CC(=O)c1ccc(CNC(=O)c2cc(C(=O)NCc3cccc(OC(F)F)c3)nc3c(F)cnn23)s1. The number of halogens is 8. The van der Waals surface area contributed by atoms with Gasteiger partial charge in [0.1, 0.15) is 28.5 Å². The molecule has 384 valence electrons. The molecule has 0 aliphatic heterocycles. The Morgan fingerprint density at radius 2 is 1.07 bits per heavy atom. The number of alkyl halides is 5. The number of carbonyl (C=O) groups is 6. The standard InChI is InChI=1S/C23H16F5N5O4S.C23H18F3N5O4S/c1-11(34)19-5-3-13(38-19)9-30-22(36)17-7-16(32-20-15(25)10-31-33(17)20)21(35)29-8-12-2-4-14(24)18(6-12)37-23(26,27)28;1-12(32)19-6-5-15(36-19)10-28-22(34)18-8-17(30-20-16(24)11-29-31(18)20)21(33)27-9-13-3-2-4-14(7-13)35-23(25)26/h2-7,10H,8-9H2,1H3,(H,29,35)(H,30,36);2-8,11,23H,9-10H2,1H3,(H,27,33)(H,28,34). The van der Waals surface area contributed by atoms with E-state index in [0.29, 0.717) is 20.2 Å². The van der Waals surface area contributed by atoms with Gasteiger partial charge in [-0.1, -0.05) is 18.2 Å². The minimum atomic E-state index is -5.12. The first-order valence-electron chi connectivity index (χ1n) is 21.1. The topological polar surface area (TPSA) is 229 Å². The molecule has 8 rings (SSSR count). The Labute approximate surface area is 418 Å². The Morgan fingerprint density at radius 1 is 0.595 bits per heavy atom. The molecule has 0 aliphatic carbocycles. The monoisotopic (exact) mass is 1070 g/mol. The quantitative estimate of drug-likeness (QED) is 0.0510. The van der Waals surface area contributed by atoms with E-state index < -0.39 is 65.5 Å². The molecule has 74 heavy (non-hydrogen) atoms. The average Bonchev–Trinajstić information content (AvgIpc) is 4.19. The van der Waals surface area contributed by atoms with Crippen LogP contribution in [0.5, 0.6) is 11.5 Å². The van der Waals surface area contributed by atoms with E-state index in [2.05, 4.69) is 50.9 Å². The molecule has 8 aromatic rings. The summed E-state index contributed by atoms with van der Waals surface area (Å²) >= 11 is 2.41. The summed E-state index contributed by atoms with van der Waals surface area (Å²) in [5, 5.41) is 17.8. The van der Waals surface area contributed by atoms with Gasteiger partial charge in [0.25, 0.3) is 23.6 Å². The zero-order chi connectivity index (χ0) is 53.4. The fraction of sp³-hybridized carbons (Fsp3) is 0.174. The number of thiophene rings is 2. The van der Waals surface area contributed by atoms with Crippen LogP contribution in [0.4, 0.5) is 35.1 Å². The summed E-state index contributed by atoms with van der Waals surface area (Å²) in [6, 6.07) is 17.2. The normalized spacial score (nSPS) is 11.2. The van der Waals surface area contributed by atoms with Gasteiger partial charge in [0.15, 0.2) is 46.1 Å². The molecule has 0 radical (unpaired) electrons. The van der Waals surface area contributed by atoms with Crippen LogP contribution in [0.2, 0.25) is 0 Å². The van der Waals surface area contributed by atoms with Crippen molar-refractivity contribution in [1.29, 1.82) is 0 Å². The van der Waals surface area contributed by atoms with Gasteiger partial charge in [-0.15, -0.1) is 35.8 Å². The van der Waals surface area contributed by atoms with Gasteiger partial charge in [-0.05, 0) is 73.5 Å². The molecule has 4 amide bonds. The number of hydrogen-bond acceptors (Lipinski definition) is 14. The summed E-state index contributed by atoms with van der Waals surface area (Å²) in [6.07, 6.45) is -3.44. The van der Waals surface area contributed by atoms with E-state index in [1.54, 1.807) is 30.3 Å². The summed E-state index contributed by atoms with van der Waals surface area (Å²) in [7, 11) is 0. The maximum absolute atomic E-state index is 14.2. The van der Waals surface area contributed by atoms with Gasteiger partial charge < -0.3 is 30.7 Å². The molecule has 0 saturated carbocycles. The second kappa shape index (κ2) is 22.8. The number of aromatic nitrogens is 6. The number of benzene rings is 2. The van der Waals surface area contributed by atoms with E-state index >= 15 is 0 Å². The maximum Gasteiger partial charge on any atom is 0.573 e. The van der Waals surface area contributed by atoms with E-state index in [4.69, 9.17) is 0 Å². The molecule has 0 unspecified atom stereocenters. The Balaban J connectivity index is 0.000000217. The molecule has 0 aliphatic rings. The van der Waals surface area contributed by atoms with Crippen molar-refractivity contribution in [2.45, 2.75) is 53.0 Å². The third kappa shape index (κ3) is 13.4. The Hall–Kier alpha value is -8.66. The number of hydrogen-bond donors (Lipinski definition) is 4. The summed E-state index contributed by atoms with van der Waals surface area (Å²) < 4.78 is 114. The molecule has 28 heteroatoms. The van der Waals surface area contributed by atoms with E-state index in [0.717, 1.165) is 56.6 Å². The van der Waals surface area contributed by atoms with Crippen molar-refractivity contribution in [3.63, 3.8) is 0 Å². The predicted molar refractivity (Wildman–Crippen MR) is 245 cm³/mol. The van der Waals surface area contributed by atoms with Crippen LogP contribution in [0, 0.1) is 17.5 Å². The first kappa shape index (κ1) is 53.1. The number of fused-ring (bicyclic) bond motifs is 2. The van der Waals surface area contributed by atoms with Crippen molar-refractivity contribution in [1.82, 2.24) is 50.5 Å². The molecular formula is C46H34F8N10O8S2. The summed E-state index contributed by atoms with van der Waals surface area (Å²) in [4.78, 5) is 84.4. The highest BCUT2D eigenvalue weighted by Crippen LogP contribution is 2.27. The van der Waals surface area contributed by atoms with Gasteiger partial charge in [0.2, 0.25) is 0 Å². The average molecular weight is 1070 g/mol. The van der Waals surface area contributed by atoms with Gasteiger partial charge in [-0.25, -0.2) is 32.2 Å². The Kier molecular flexibility index (Phi) is 16.4. The molecule has 0 fully saturated rings. The summed E-state index contributed by atoms with van der Waals surface area (Å²) in [5.74, 6) is -7.36. The van der Waals surface area contributed by atoms with Gasteiger partial charge in [0.05, 0.1) is 35.2 Å². The second-order valence-corrected chi connectivity index (χ2v) is 17.6. The van der Waals surface area contributed by atoms with Crippen LogP contribution in [-0.4, -0.2) is 77.4 Å². The zero-order valence-electron chi connectivity index (χ0n) is 37.9. The summed E-state index contributed by atoms with van der Waals surface area (Å²) in [6.45, 7) is -0.425. The van der Waals surface area contributed by atoms with Crippen LogP contribution in [0.3, 0.4) is 0 Å². The number of ether oxygens (including phenoxy) is 2. The van der Waals surface area contributed by atoms with Gasteiger partial charge in [-0.2, -0.15) is 19.0 Å². The summed E-state index contributed by atoms with van der Waals surface area (Å²) in [5.41, 5.74) is -1.20. The van der Waals surface area contributed by atoms with Crippen molar-refractivity contribution < 1.29 is 73.4 Å². The molecule has 4 N–H and O–H groups in total. The third-order valence-electron chi connectivity index (χ3n) is 9.90. The highest BCUT2D eigenvalue weighted by molar-refractivity contribution is 7.14. The van der Waals surface area contributed by atoms with Crippen LogP contribution in [0.25, 0.3) is 11.3 Å². The molecule has 18 nitrogen and oxygen atoms in total. The molecule has 0 bridgehead atoms. The smallest absolute Gasteiger partial charge is 0.435 e. The van der Waals surface area contributed by atoms with E-state index in [-0.39, 0.29) is 77.5 Å². The second-order valence-electron chi connectivity index (χ2n) is 15.2. The number of Topliss-reactive ketones (excluding diaryl/α,β-unsaturated/α-hetero) is 2. The predicted octanol–water partition coefficient (Wildman–Crippen LogP) is 7.62. The number of carbonyl (C=O) groups excluding carboxylic acids is 6. The lowest BCUT2D eigenvalue weighted by atomic mass is 10.2. The molecule has 6 heterocycles. The lowest BCUT2D eigenvalue weighted by Gasteiger charge is -2.12. The first-order valence-corrected chi connectivity index (χ1v) is 22.7. The van der Waals surface area contributed by atoms with Crippen LogP contribution in [-0.2, 0) is 26.2 Å². The molecule has 0 saturated heterocycles. The minimum absolute atomic E-state index is 0.0404. The lowest BCUT2D eigenvalue weighted by molar-refractivity contribution is -0.275. The number of nitrogens with one attached hydrogen (secondary N) is 4. The third-order valence-corrected chi connectivity index (χ3v) is 12.3. The fourth-order valence-corrected chi connectivity index (χ4v) is 8.19. The minimum Gasteiger partial charge on any atom is -0.435 e. The first-order chi connectivity index (χ1) is 35.1. The van der Waals surface area contributed by atoms with Crippen molar-refractivity contribution in [2.24, 2.45) is 0 Å². The van der Waals surface area contributed by atoms with Crippen LogP contribution in [0.15, 0.2) is 91.3 Å². The van der Waals surface area contributed by atoms with Crippen LogP contribution >= 0.6 is 22.7 Å². The van der Waals surface area contributed by atoms with Crippen molar-refractivity contribution in [3.05, 3.63) is 162 Å². The van der Waals surface area contributed by atoms with Crippen molar-refractivity contribution in [3.8, 4) is 11.5 Å². The van der Waals surface area contributed by atoms with Crippen molar-refractivity contribution in [2.75, 3.05) is 0 Å². The Morgan fingerprint density at radius 3 is 1.51 bits per heavy atom.